The number of nitrogens with zero attached hydrogens (tertiary/aromatic N) is 1. The third-order valence-corrected chi connectivity index (χ3v) is 3.89. The molecule has 0 atom stereocenters. The molecule has 0 saturated carbocycles. The molecule has 2 N–H and O–H groups in total. The average Bonchev–Trinajstić information content (AvgIpc) is 2.83. The minimum Gasteiger partial charge on any atom is -0.381 e. The van der Waals surface area contributed by atoms with E-state index in [1.165, 1.54) is 29.3 Å². The van der Waals surface area contributed by atoms with Crippen molar-refractivity contribution in [2.75, 3.05) is 13.2 Å². The highest BCUT2D eigenvalue weighted by atomic mass is 16.5. The third-order valence-electron chi connectivity index (χ3n) is 3.89. The Bertz CT molecular complexity index is 526. The van der Waals surface area contributed by atoms with E-state index in [-0.39, 0.29) is 0 Å². The Labute approximate surface area is 108 Å². The van der Waals surface area contributed by atoms with Gasteiger partial charge in [0.2, 0.25) is 0 Å². The van der Waals surface area contributed by atoms with E-state index in [2.05, 4.69) is 35.0 Å². The fourth-order valence-corrected chi connectivity index (χ4v) is 2.86. The number of ether oxygens (including phenoxy) is 1. The van der Waals surface area contributed by atoms with Gasteiger partial charge in [0.15, 0.2) is 0 Å². The van der Waals surface area contributed by atoms with E-state index >= 15 is 0 Å². The lowest BCUT2D eigenvalue weighted by molar-refractivity contribution is 0.0616. The standard InChI is InChI=1S/C15H20N2O/c16-10-14-3-1-2-13-4-7-17(15(13)14)11-12-5-8-18-9-6-12/h1-4,7,12H,5-6,8-11,16H2. The van der Waals surface area contributed by atoms with Crippen LogP contribution in [-0.2, 0) is 17.8 Å². The fraction of sp³-hybridized carbons (Fsp3) is 0.467. The first kappa shape index (κ1) is 11.8. The fourth-order valence-electron chi connectivity index (χ4n) is 2.86. The van der Waals surface area contributed by atoms with Crippen LogP contribution in [0.4, 0.5) is 0 Å². The summed E-state index contributed by atoms with van der Waals surface area (Å²) in [5.41, 5.74) is 8.40. The Morgan fingerprint density at radius 1 is 1.22 bits per heavy atom. The van der Waals surface area contributed by atoms with E-state index in [0.717, 1.165) is 25.7 Å². The van der Waals surface area contributed by atoms with Crippen molar-refractivity contribution in [1.82, 2.24) is 4.57 Å². The molecule has 1 aromatic heterocycles. The number of hydrogen-bond acceptors (Lipinski definition) is 2. The second-order valence-electron chi connectivity index (χ2n) is 5.08. The molecule has 2 heterocycles. The zero-order valence-corrected chi connectivity index (χ0v) is 10.6. The lowest BCUT2D eigenvalue weighted by Gasteiger charge is -2.23. The van der Waals surface area contributed by atoms with Crippen molar-refractivity contribution < 1.29 is 4.74 Å². The van der Waals surface area contributed by atoms with Crippen molar-refractivity contribution in [2.24, 2.45) is 11.7 Å². The Morgan fingerprint density at radius 2 is 2.06 bits per heavy atom. The molecule has 0 spiro atoms. The molecule has 0 bridgehead atoms. The topological polar surface area (TPSA) is 40.2 Å². The molecule has 3 rings (SSSR count). The van der Waals surface area contributed by atoms with Gasteiger partial charge in [0, 0.05) is 32.5 Å². The van der Waals surface area contributed by atoms with Crippen LogP contribution in [0.3, 0.4) is 0 Å². The second-order valence-corrected chi connectivity index (χ2v) is 5.08. The summed E-state index contributed by atoms with van der Waals surface area (Å²) < 4.78 is 7.79. The monoisotopic (exact) mass is 244 g/mol. The van der Waals surface area contributed by atoms with Gasteiger partial charge in [0.05, 0.1) is 5.52 Å². The molecular weight excluding hydrogens is 224 g/mol. The van der Waals surface area contributed by atoms with Crippen molar-refractivity contribution in [3.8, 4) is 0 Å². The largest absolute Gasteiger partial charge is 0.381 e. The van der Waals surface area contributed by atoms with Crippen molar-refractivity contribution in [2.45, 2.75) is 25.9 Å². The molecule has 1 aliphatic heterocycles. The van der Waals surface area contributed by atoms with E-state index in [0.29, 0.717) is 6.54 Å². The summed E-state index contributed by atoms with van der Waals surface area (Å²) >= 11 is 0. The van der Waals surface area contributed by atoms with E-state index in [1.54, 1.807) is 0 Å². The molecule has 0 unspecified atom stereocenters. The van der Waals surface area contributed by atoms with Crippen LogP contribution >= 0.6 is 0 Å². The van der Waals surface area contributed by atoms with Crippen molar-refractivity contribution in [3.63, 3.8) is 0 Å². The van der Waals surface area contributed by atoms with Crippen LogP contribution in [-0.4, -0.2) is 17.8 Å². The van der Waals surface area contributed by atoms with Gasteiger partial charge >= 0.3 is 0 Å². The quantitative estimate of drug-likeness (QED) is 0.901. The number of benzene rings is 1. The Morgan fingerprint density at radius 3 is 2.83 bits per heavy atom. The molecule has 18 heavy (non-hydrogen) atoms. The lowest BCUT2D eigenvalue weighted by atomic mass is 10.0. The first-order valence-corrected chi connectivity index (χ1v) is 6.73. The lowest BCUT2D eigenvalue weighted by Crippen LogP contribution is -2.20. The molecule has 0 amide bonds. The highest BCUT2D eigenvalue weighted by Gasteiger charge is 2.15. The first-order valence-electron chi connectivity index (χ1n) is 6.73. The number of rotatable bonds is 3. The van der Waals surface area contributed by atoms with Crippen molar-refractivity contribution in [1.29, 1.82) is 0 Å². The summed E-state index contributed by atoms with van der Waals surface area (Å²) in [5.74, 6) is 0.736. The minimum atomic E-state index is 0.606. The van der Waals surface area contributed by atoms with Crippen LogP contribution in [0.25, 0.3) is 10.9 Å². The molecule has 0 aliphatic carbocycles. The zero-order chi connectivity index (χ0) is 12.4. The molecule has 3 nitrogen and oxygen atoms in total. The molecule has 1 fully saturated rings. The predicted molar refractivity (Wildman–Crippen MR) is 73.4 cm³/mol. The molecular formula is C15H20N2O. The Kier molecular flexibility index (Phi) is 3.35. The molecule has 0 radical (unpaired) electrons. The Balaban J connectivity index is 1.91. The third kappa shape index (κ3) is 2.16. The highest BCUT2D eigenvalue weighted by Crippen LogP contribution is 2.24. The molecule has 1 aromatic carbocycles. The molecule has 1 saturated heterocycles. The number of para-hydroxylation sites is 1. The van der Waals surface area contributed by atoms with Crippen LogP contribution in [0.5, 0.6) is 0 Å². The number of hydrogen-bond donors (Lipinski definition) is 1. The molecule has 2 aromatic rings. The smallest absolute Gasteiger partial charge is 0.0525 e. The highest BCUT2D eigenvalue weighted by molar-refractivity contribution is 5.83. The average molecular weight is 244 g/mol. The zero-order valence-electron chi connectivity index (χ0n) is 10.6. The van der Waals surface area contributed by atoms with E-state index in [9.17, 15) is 0 Å². The van der Waals surface area contributed by atoms with Gasteiger partial charge < -0.3 is 15.0 Å². The SMILES string of the molecule is NCc1cccc2ccn(CC3CCOCC3)c12. The van der Waals surface area contributed by atoms with Crippen LogP contribution in [0.1, 0.15) is 18.4 Å². The number of fused-ring (bicyclic) bond motifs is 1. The van der Waals surface area contributed by atoms with Gasteiger partial charge in [-0.15, -0.1) is 0 Å². The summed E-state index contributed by atoms with van der Waals surface area (Å²) in [5, 5.41) is 1.30. The van der Waals surface area contributed by atoms with E-state index in [1.807, 2.05) is 0 Å². The van der Waals surface area contributed by atoms with E-state index in [4.69, 9.17) is 10.5 Å². The van der Waals surface area contributed by atoms with Crippen LogP contribution in [0.2, 0.25) is 0 Å². The first-order chi connectivity index (χ1) is 8.88. The molecule has 1 aliphatic rings. The maximum Gasteiger partial charge on any atom is 0.0525 e. The maximum absolute atomic E-state index is 5.84. The van der Waals surface area contributed by atoms with Crippen molar-refractivity contribution >= 4 is 10.9 Å². The Hall–Kier alpha value is -1.32. The second kappa shape index (κ2) is 5.12. The van der Waals surface area contributed by atoms with Crippen LogP contribution in [0.15, 0.2) is 30.5 Å². The molecule has 3 heteroatoms. The van der Waals surface area contributed by atoms with Crippen LogP contribution < -0.4 is 5.73 Å². The van der Waals surface area contributed by atoms with Gasteiger partial charge in [-0.1, -0.05) is 18.2 Å². The summed E-state index contributed by atoms with van der Waals surface area (Å²) in [6, 6.07) is 8.56. The van der Waals surface area contributed by atoms with Gasteiger partial charge in [0.25, 0.3) is 0 Å². The summed E-state index contributed by atoms with van der Waals surface area (Å²) in [4.78, 5) is 0. The minimum absolute atomic E-state index is 0.606. The van der Waals surface area contributed by atoms with E-state index < -0.39 is 0 Å². The van der Waals surface area contributed by atoms with Gasteiger partial charge in [-0.3, -0.25) is 0 Å². The number of aromatic nitrogens is 1. The van der Waals surface area contributed by atoms with Crippen LogP contribution in [0, 0.1) is 5.92 Å². The molecule has 96 valence electrons. The van der Waals surface area contributed by atoms with Gasteiger partial charge in [-0.25, -0.2) is 0 Å². The van der Waals surface area contributed by atoms with Crippen molar-refractivity contribution in [3.05, 3.63) is 36.0 Å². The van der Waals surface area contributed by atoms with Gasteiger partial charge in [0.1, 0.15) is 0 Å². The maximum atomic E-state index is 5.84. The predicted octanol–water partition coefficient (Wildman–Crippen LogP) is 2.53. The van der Waals surface area contributed by atoms with Gasteiger partial charge in [-0.2, -0.15) is 0 Å². The van der Waals surface area contributed by atoms with Gasteiger partial charge in [-0.05, 0) is 35.8 Å². The number of nitrogens with two attached hydrogens (primary N) is 1. The summed E-state index contributed by atoms with van der Waals surface area (Å²) in [7, 11) is 0. The normalized spacial score (nSPS) is 17.4. The summed E-state index contributed by atoms with van der Waals surface area (Å²) in [6.07, 6.45) is 4.54. The summed E-state index contributed by atoms with van der Waals surface area (Å²) in [6.45, 7) is 3.51.